The molecule has 3 heteroatoms. The maximum absolute atomic E-state index is 11.1. The van der Waals surface area contributed by atoms with Gasteiger partial charge in [0.15, 0.2) is 0 Å². The van der Waals surface area contributed by atoms with Crippen LogP contribution in [0.4, 0.5) is 0 Å². The largest absolute Gasteiger partial charge is 0.469 e. The van der Waals surface area contributed by atoms with Crippen molar-refractivity contribution in [3.8, 4) is 0 Å². The molecule has 2 aromatic rings. The monoisotopic (exact) mass is 217 g/mol. The van der Waals surface area contributed by atoms with Crippen molar-refractivity contribution in [2.24, 2.45) is 0 Å². The highest BCUT2D eigenvalue weighted by Gasteiger charge is 2.07. The van der Waals surface area contributed by atoms with Crippen molar-refractivity contribution in [3.63, 3.8) is 0 Å². The van der Waals surface area contributed by atoms with E-state index in [2.05, 4.69) is 22.7 Å². The van der Waals surface area contributed by atoms with Gasteiger partial charge >= 0.3 is 5.97 Å². The van der Waals surface area contributed by atoms with E-state index in [1.54, 1.807) is 0 Å². The number of carbonyl (C=O) groups excluding carboxylic acids is 1. The number of rotatable bonds is 3. The fourth-order valence-electron chi connectivity index (χ4n) is 1.90. The average Bonchev–Trinajstić information content (AvgIpc) is 2.69. The highest BCUT2D eigenvalue weighted by molar-refractivity contribution is 5.86. The molecule has 1 aromatic heterocycles. The fraction of sp³-hybridized carbons (Fsp3) is 0.308. The van der Waals surface area contributed by atoms with E-state index < -0.39 is 0 Å². The zero-order chi connectivity index (χ0) is 11.5. The van der Waals surface area contributed by atoms with E-state index in [0.29, 0.717) is 12.8 Å². The number of aromatic nitrogens is 1. The predicted molar refractivity (Wildman–Crippen MR) is 63.4 cm³/mol. The lowest BCUT2D eigenvalue weighted by Crippen LogP contribution is -2.02. The van der Waals surface area contributed by atoms with E-state index in [1.807, 2.05) is 18.3 Å². The molecule has 0 aliphatic heterocycles. The number of benzene rings is 1. The molecule has 0 fully saturated rings. The van der Waals surface area contributed by atoms with Crippen molar-refractivity contribution in [3.05, 3.63) is 35.5 Å². The zero-order valence-electron chi connectivity index (χ0n) is 9.54. The molecule has 0 radical (unpaired) electrons. The molecule has 0 atom stereocenters. The SMILES string of the molecule is COC(=O)CCc1cccc2c(C)c[nH]c12. The molecular weight excluding hydrogens is 202 g/mol. The Kier molecular flexibility index (Phi) is 2.95. The van der Waals surface area contributed by atoms with Gasteiger partial charge in [0, 0.05) is 23.5 Å². The number of aryl methyl sites for hydroxylation is 2. The Morgan fingerprint density at radius 1 is 1.44 bits per heavy atom. The zero-order valence-corrected chi connectivity index (χ0v) is 9.54. The van der Waals surface area contributed by atoms with Crippen molar-refractivity contribution < 1.29 is 9.53 Å². The third kappa shape index (κ3) is 1.94. The summed E-state index contributed by atoms with van der Waals surface area (Å²) in [5, 5.41) is 1.22. The van der Waals surface area contributed by atoms with Crippen LogP contribution in [0.2, 0.25) is 0 Å². The molecule has 0 saturated heterocycles. The Morgan fingerprint density at radius 2 is 2.25 bits per heavy atom. The minimum Gasteiger partial charge on any atom is -0.469 e. The Bertz CT molecular complexity index is 514. The predicted octanol–water partition coefficient (Wildman–Crippen LogP) is 2.58. The molecule has 16 heavy (non-hydrogen) atoms. The molecule has 2 rings (SSSR count). The van der Waals surface area contributed by atoms with Crippen LogP contribution in [0.3, 0.4) is 0 Å². The van der Waals surface area contributed by atoms with Crippen LogP contribution in [0.5, 0.6) is 0 Å². The minimum absolute atomic E-state index is 0.166. The van der Waals surface area contributed by atoms with E-state index in [-0.39, 0.29) is 5.97 Å². The molecule has 0 aliphatic rings. The highest BCUT2D eigenvalue weighted by atomic mass is 16.5. The number of carbonyl (C=O) groups is 1. The summed E-state index contributed by atoms with van der Waals surface area (Å²) in [7, 11) is 1.42. The summed E-state index contributed by atoms with van der Waals surface area (Å²) in [4.78, 5) is 14.3. The summed E-state index contributed by atoms with van der Waals surface area (Å²) in [5.41, 5.74) is 3.52. The van der Waals surface area contributed by atoms with Gasteiger partial charge in [-0.1, -0.05) is 18.2 Å². The Morgan fingerprint density at radius 3 is 3.00 bits per heavy atom. The summed E-state index contributed by atoms with van der Waals surface area (Å²) < 4.78 is 4.64. The summed E-state index contributed by atoms with van der Waals surface area (Å²) in [6.45, 7) is 2.07. The first-order valence-electron chi connectivity index (χ1n) is 5.34. The smallest absolute Gasteiger partial charge is 0.305 e. The Hall–Kier alpha value is -1.77. The van der Waals surface area contributed by atoms with Crippen LogP contribution >= 0.6 is 0 Å². The third-order valence-electron chi connectivity index (χ3n) is 2.83. The second-order valence-corrected chi connectivity index (χ2v) is 3.89. The van der Waals surface area contributed by atoms with E-state index in [0.717, 1.165) is 11.1 Å². The molecule has 1 N–H and O–H groups in total. The number of ether oxygens (including phenoxy) is 1. The Balaban J connectivity index is 2.27. The summed E-state index contributed by atoms with van der Waals surface area (Å²) >= 11 is 0. The molecule has 0 bridgehead atoms. The van der Waals surface area contributed by atoms with Crippen LogP contribution in [0.25, 0.3) is 10.9 Å². The van der Waals surface area contributed by atoms with Crippen LogP contribution < -0.4 is 0 Å². The van der Waals surface area contributed by atoms with Gasteiger partial charge < -0.3 is 9.72 Å². The number of H-pyrrole nitrogens is 1. The standard InChI is InChI=1S/C13H15NO2/c1-9-8-14-13-10(4-3-5-11(9)13)6-7-12(15)16-2/h3-5,8,14H,6-7H2,1-2H3. The van der Waals surface area contributed by atoms with Gasteiger partial charge in [0.25, 0.3) is 0 Å². The quantitative estimate of drug-likeness (QED) is 0.803. The number of fused-ring (bicyclic) bond motifs is 1. The number of para-hydroxylation sites is 1. The van der Waals surface area contributed by atoms with E-state index in [9.17, 15) is 4.79 Å². The molecule has 0 spiro atoms. The molecule has 0 unspecified atom stereocenters. The maximum Gasteiger partial charge on any atom is 0.305 e. The summed E-state index contributed by atoms with van der Waals surface area (Å²) in [6, 6.07) is 6.15. The van der Waals surface area contributed by atoms with Crippen molar-refractivity contribution >= 4 is 16.9 Å². The number of aromatic amines is 1. The first kappa shape index (κ1) is 10.7. The van der Waals surface area contributed by atoms with Gasteiger partial charge in [-0.05, 0) is 24.5 Å². The molecule has 84 valence electrons. The van der Waals surface area contributed by atoms with Crippen LogP contribution in [0.1, 0.15) is 17.5 Å². The van der Waals surface area contributed by atoms with Crippen LogP contribution in [0.15, 0.2) is 24.4 Å². The van der Waals surface area contributed by atoms with Crippen molar-refractivity contribution in [1.82, 2.24) is 4.98 Å². The fourth-order valence-corrected chi connectivity index (χ4v) is 1.90. The Labute approximate surface area is 94.4 Å². The molecule has 1 aromatic carbocycles. The first-order valence-corrected chi connectivity index (χ1v) is 5.34. The van der Waals surface area contributed by atoms with Gasteiger partial charge in [-0.15, -0.1) is 0 Å². The van der Waals surface area contributed by atoms with Gasteiger partial charge in [-0.25, -0.2) is 0 Å². The minimum atomic E-state index is -0.166. The molecule has 0 aliphatic carbocycles. The van der Waals surface area contributed by atoms with Crippen LogP contribution in [-0.2, 0) is 16.0 Å². The van der Waals surface area contributed by atoms with Gasteiger partial charge in [0.1, 0.15) is 0 Å². The van der Waals surface area contributed by atoms with Gasteiger partial charge in [0.2, 0.25) is 0 Å². The topological polar surface area (TPSA) is 42.1 Å². The molecule has 0 amide bonds. The summed E-state index contributed by atoms with van der Waals surface area (Å²) in [6.07, 6.45) is 3.13. The third-order valence-corrected chi connectivity index (χ3v) is 2.83. The molecular formula is C13H15NO2. The second-order valence-electron chi connectivity index (χ2n) is 3.89. The van der Waals surface area contributed by atoms with E-state index >= 15 is 0 Å². The number of nitrogens with one attached hydrogen (secondary N) is 1. The lowest BCUT2D eigenvalue weighted by molar-refractivity contribution is -0.140. The van der Waals surface area contributed by atoms with Crippen LogP contribution in [0, 0.1) is 6.92 Å². The first-order chi connectivity index (χ1) is 7.72. The van der Waals surface area contributed by atoms with E-state index in [4.69, 9.17) is 0 Å². The number of methoxy groups -OCH3 is 1. The number of hydrogen-bond acceptors (Lipinski definition) is 2. The number of esters is 1. The van der Waals surface area contributed by atoms with Crippen molar-refractivity contribution in [1.29, 1.82) is 0 Å². The molecule has 0 saturated carbocycles. The van der Waals surface area contributed by atoms with Crippen molar-refractivity contribution in [2.75, 3.05) is 7.11 Å². The lowest BCUT2D eigenvalue weighted by atomic mass is 10.1. The second kappa shape index (κ2) is 4.39. The number of hydrogen-bond donors (Lipinski definition) is 1. The lowest BCUT2D eigenvalue weighted by Gasteiger charge is -2.02. The normalized spacial score (nSPS) is 10.6. The highest BCUT2D eigenvalue weighted by Crippen LogP contribution is 2.21. The van der Waals surface area contributed by atoms with Gasteiger partial charge in [0.05, 0.1) is 7.11 Å². The van der Waals surface area contributed by atoms with Gasteiger partial charge in [-0.2, -0.15) is 0 Å². The van der Waals surface area contributed by atoms with Gasteiger partial charge in [-0.3, -0.25) is 4.79 Å². The maximum atomic E-state index is 11.1. The molecule has 3 nitrogen and oxygen atoms in total. The average molecular weight is 217 g/mol. The summed E-state index contributed by atoms with van der Waals surface area (Å²) in [5.74, 6) is -0.166. The molecule has 1 heterocycles. The van der Waals surface area contributed by atoms with Crippen LogP contribution in [-0.4, -0.2) is 18.1 Å². The van der Waals surface area contributed by atoms with Crippen molar-refractivity contribution in [2.45, 2.75) is 19.8 Å². The van der Waals surface area contributed by atoms with E-state index in [1.165, 1.54) is 18.1 Å².